The number of nitrogen functional groups attached to an aromatic ring is 1. The monoisotopic (exact) mass is 271 g/mol. The van der Waals surface area contributed by atoms with Crippen LogP contribution in [0.5, 0.6) is 0 Å². The third-order valence-electron chi connectivity index (χ3n) is 3.39. The van der Waals surface area contributed by atoms with E-state index in [1.807, 2.05) is 11.8 Å². The number of thioether (sulfide) groups is 1. The van der Waals surface area contributed by atoms with Crippen LogP contribution in [0.15, 0.2) is 12.3 Å². The van der Waals surface area contributed by atoms with E-state index >= 15 is 0 Å². The molecule has 0 radical (unpaired) electrons. The average molecular weight is 272 g/mol. The lowest BCUT2D eigenvalue weighted by Crippen LogP contribution is -2.30. The number of hydrogen-bond acceptors (Lipinski definition) is 4. The maximum absolute atomic E-state index is 6.09. The van der Waals surface area contributed by atoms with Gasteiger partial charge in [-0.25, -0.2) is 4.98 Å². The van der Waals surface area contributed by atoms with Crippen LogP contribution in [-0.4, -0.2) is 22.5 Å². The lowest BCUT2D eigenvalue weighted by Gasteiger charge is -2.27. The highest BCUT2D eigenvalue weighted by molar-refractivity contribution is 8.00. The summed E-state index contributed by atoms with van der Waals surface area (Å²) < 4.78 is 0.354. The van der Waals surface area contributed by atoms with Crippen LogP contribution < -0.4 is 11.1 Å². The molecule has 1 saturated carbocycles. The molecule has 3 N–H and O–H groups in total. The molecule has 0 atom stereocenters. The largest absolute Gasteiger partial charge is 0.397 e. The van der Waals surface area contributed by atoms with Crippen LogP contribution in [0.2, 0.25) is 5.02 Å². The Hall–Kier alpha value is -0.610. The summed E-state index contributed by atoms with van der Waals surface area (Å²) in [5, 5.41) is 3.95. The Kier molecular flexibility index (Phi) is 4.05. The Morgan fingerprint density at radius 3 is 2.82 bits per heavy atom. The smallest absolute Gasteiger partial charge is 0.144 e. The molecule has 0 saturated heterocycles. The van der Waals surface area contributed by atoms with Gasteiger partial charge in [0.25, 0.3) is 0 Å². The van der Waals surface area contributed by atoms with Crippen LogP contribution in [0, 0.1) is 0 Å². The molecule has 1 aromatic rings. The quantitative estimate of drug-likeness (QED) is 0.881. The van der Waals surface area contributed by atoms with Gasteiger partial charge >= 0.3 is 0 Å². The van der Waals surface area contributed by atoms with E-state index in [0.717, 1.165) is 12.4 Å². The predicted molar refractivity (Wildman–Crippen MR) is 76.9 cm³/mol. The molecule has 3 nitrogen and oxygen atoms in total. The zero-order valence-electron chi connectivity index (χ0n) is 10.0. The first-order valence-electron chi connectivity index (χ1n) is 5.85. The topological polar surface area (TPSA) is 50.9 Å². The molecule has 1 aliphatic carbocycles. The van der Waals surface area contributed by atoms with Crippen molar-refractivity contribution in [2.45, 2.75) is 30.4 Å². The van der Waals surface area contributed by atoms with Gasteiger partial charge in [-0.3, -0.25) is 0 Å². The van der Waals surface area contributed by atoms with Crippen LogP contribution in [0.3, 0.4) is 0 Å². The molecule has 5 heteroatoms. The maximum atomic E-state index is 6.09. The molecule has 1 aromatic heterocycles. The van der Waals surface area contributed by atoms with Crippen molar-refractivity contribution in [1.29, 1.82) is 0 Å². The van der Waals surface area contributed by atoms with Crippen molar-refractivity contribution in [3.05, 3.63) is 17.3 Å². The minimum absolute atomic E-state index is 0.354. The average Bonchev–Trinajstić information content (AvgIpc) is 2.77. The molecular weight excluding hydrogens is 254 g/mol. The summed E-state index contributed by atoms with van der Waals surface area (Å²) in [4.78, 5) is 4.23. The molecule has 0 aromatic carbocycles. The van der Waals surface area contributed by atoms with Crippen LogP contribution in [-0.2, 0) is 0 Å². The van der Waals surface area contributed by atoms with Gasteiger partial charge in [-0.15, -0.1) is 0 Å². The molecule has 0 amide bonds. The summed E-state index contributed by atoms with van der Waals surface area (Å²) in [6.45, 7) is 0.921. The minimum Gasteiger partial charge on any atom is -0.397 e. The van der Waals surface area contributed by atoms with Gasteiger partial charge in [-0.05, 0) is 25.2 Å². The van der Waals surface area contributed by atoms with Gasteiger partial charge in [0.1, 0.15) is 5.82 Å². The van der Waals surface area contributed by atoms with E-state index in [0.29, 0.717) is 15.5 Å². The fourth-order valence-corrected chi connectivity index (χ4v) is 3.46. The number of pyridine rings is 1. The summed E-state index contributed by atoms with van der Waals surface area (Å²) in [6.07, 6.45) is 9.01. The normalized spacial score (nSPS) is 18.2. The molecule has 0 unspecified atom stereocenters. The molecule has 1 heterocycles. The van der Waals surface area contributed by atoms with Crippen LogP contribution in [0.25, 0.3) is 0 Å². The first-order valence-corrected chi connectivity index (χ1v) is 7.45. The number of nitrogens with zero attached hydrogens (tertiary/aromatic N) is 1. The van der Waals surface area contributed by atoms with Crippen molar-refractivity contribution >= 4 is 34.9 Å². The van der Waals surface area contributed by atoms with Gasteiger partial charge in [-0.2, -0.15) is 11.8 Å². The molecule has 17 heavy (non-hydrogen) atoms. The Morgan fingerprint density at radius 2 is 2.24 bits per heavy atom. The number of nitrogens with two attached hydrogens (primary N) is 1. The van der Waals surface area contributed by atoms with Crippen LogP contribution in [0.4, 0.5) is 11.5 Å². The van der Waals surface area contributed by atoms with Crippen molar-refractivity contribution in [1.82, 2.24) is 4.98 Å². The van der Waals surface area contributed by atoms with E-state index in [4.69, 9.17) is 17.3 Å². The Balaban J connectivity index is 2.01. The highest BCUT2D eigenvalue weighted by atomic mass is 35.5. The van der Waals surface area contributed by atoms with E-state index in [1.165, 1.54) is 25.7 Å². The number of rotatable bonds is 4. The van der Waals surface area contributed by atoms with E-state index in [1.54, 1.807) is 12.3 Å². The second-order valence-corrected chi connectivity index (χ2v) is 6.23. The van der Waals surface area contributed by atoms with Gasteiger partial charge in [0, 0.05) is 11.3 Å². The van der Waals surface area contributed by atoms with Gasteiger partial charge in [-0.1, -0.05) is 24.4 Å². The molecule has 94 valence electrons. The van der Waals surface area contributed by atoms with Gasteiger partial charge in [0.05, 0.1) is 16.9 Å². The summed E-state index contributed by atoms with van der Waals surface area (Å²) in [6, 6.07) is 1.73. The van der Waals surface area contributed by atoms with Crippen molar-refractivity contribution in [3.63, 3.8) is 0 Å². The standard InChI is InChI=1S/C12H18ClN3S/c1-17-12(4-2-3-5-12)8-16-11-10(13)6-9(14)7-15-11/h6-7H,2-5,8,14H2,1H3,(H,15,16). The van der Waals surface area contributed by atoms with Crippen molar-refractivity contribution in [3.8, 4) is 0 Å². The molecule has 0 bridgehead atoms. The lowest BCUT2D eigenvalue weighted by atomic mass is 10.1. The van der Waals surface area contributed by atoms with Crippen molar-refractivity contribution in [2.75, 3.05) is 23.9 Å². The number of anilines is 2. The molecule has 2 rings (SSSR count). The van der Waals surface area contributed by atoms with Crippen LogP contribution in [0.1, 0.15) is 25.7 Å². The molecule has 0 aliphatic heterocycles. The first-order chi connectivity index (χ1) is 8.15. The number of hydrogen-bond donors (Lipinski definition) is 2. The van der Waals surface area contributed by atoms with E-state index in [-0.39, 0.29) is 0 Å². The second-order valence-electron chi connectivity index (χ2n) is 4.55. The summed E-state index contributed by atoms with van der Waals surface area (Å²) in [7, 11) is 0. The van der Waals surface area contributed by atoms with Crippen molar-refractivity contribution < 1.29 is 0 Å². The third kappa shape index (κ3) is 2.99. The summed E-state index contributed by atoms with van der Waals surface area (Å²) in [5.41, 5.74) is 6.22. The zero-order valence-corrected chi connectivity index (χ0v) is 11.6. The number of nitrogens with one attached hydrogen (secondary N) is 1. The van der Waals surface area contributed by atoms with E-state index in [9.17, 15) is 0 Å². The van der Waals surface area contributed by atoms with Gasteiger partial charge in [0.2, 0.25) is 0 Å². The molecule has 1 aliphatic rings. The Labute approximate surface area is 112 Å². The fourth-order valence-electron chi connectivity index (χ4n) is 2.30. The predicted octanol–water partition coefficient (Wildman–Crippen LogP) is 3.40. The van der Waals surface area contributed by atoms with Crippen LogP contribution >= 0.6 is 23.4 Å². The lowest BCUT2D eigenvalue weighted by molar-refractivity contribution is 0.638. The number of aromatic nitrogens is 1. The van der Waals surface area contributed by atoms with E-state index in [2.05, 4.69) is 16.6 Å². The maximum Gasteiger partial charge on any atom is 0.144 e. The Bertz CT molecular complexity index is 391. The molecular formula is C12H18ClN3S. The highest BCUT2D eigenvalue weighted by Crippen LogP contribution is 2.40. The van der Waals surface area contributed by atoms with Gasteiger partial charge in [0.15, 0.2) is 0 Å². The summed E-state index contributed by atoms with van der Waals surface area (Å²) >= 11 is 8.04. The van der Waals surface area contributed by atoms with E-state index < -0.39 is 0 Å². The van der Waals surface area contributed by atoms with Crippen molar-refractivity contribution in [2.24, 2.45) is 0 Å². The molecule has 0 spiro atoms. The Morgan fingerprint density at radius 1 is 1.53 bits per heavy atom. The second kappa shape index (κ2) is 5.36. The first kappa shape index (κ1) is 12.8. The third-order valence-corrected chi connectivity index (χ3v) is 5.09. The highest BCUT2D eigenvalue weighted by Gasteiger charge is 2.32. The van der Waals surface area contributed by atoms with Gasteiger partial charge < -0.3 is 11.1 Å². The zero-order chi connectivity index (χ0) is 12.3. The fraction of sp³-hybridized carbons (Fsp3) is 0.583. The molecule has 1 fully saturated rings. The SMILES string of the molecule is CSC1(CNc2ncc(N)cc2Cl)CCCC1. The number of halogens is 1. The minimum atomic E-state index is 0.354. The summed E-state index contributed by atoms with van der Waals surface area (Å²) in [5.74, 6) is 0.737.